The minimum atomic E-state index is -0.428. The zero-order valence-corrected chi connectivity index (χ0v) is 12.9. The summed E-state index contributed by atoms with van der Waals surface area (Å²) in [6, 6.07) is 0. The molecule has 114 valence electrons. The van der Waals surface area contributed by atoms with Crippen LogP contribution >= 0.6 is 0 Å². The van der Waals surface area contributed by atoms with Gasteiger partial charge >= 0.3 is 6.09 Å². The maximum Gasteiger partial charge on any atom is 0.410 e. The molecule has 1 aliphatic heterocycles. The molecule has 0 radical (unpaired) electrons. The first-order chi connectivity index (χ1) is 9.42. The van der Waals surface area contributed by atoms with Crippen LogP contribution in [-0.2, 0) is 9.47 Å². The molecule has 1 heterocycles. The van der Waals surface area contributed by atoms with Crippen molar-refractivity contribution in [2.24, 2.45) is 0 Å². The molecule has 1 aliphatic rings. The number of rotatable bonds is 5. The maximum absolute atomic E-state index is 11.9. The Hall–Kier alpha value is -1.25. The summed E-state index contributed by atoms with van der Waals surface area (Å²) in [6.45, 7) is 10.9. The van der Waals surface area contributed by atoms with E-state index < -0.39 is 5.60 Å². The largest absolute Gasteiger partial charge is 0.444 e. The number of terminal acetylenes is 1. The van der Waals surface area contributed by atoms with E-state index in [9.17, 15) is 4.79 Å². The van der Waals surface area contributed by atoms with Crippen LogP contribution in [0.25, 0.3) is 0 Å². The van der Waals surface area contributed by atoms with Crippen molar-refractivity contribution in [2.45, 2.75) is 32.8 Å². The van der Waals surface area contributed by atoms with Gasteiger partial charge in [0.25, 0.3) is 0 Å². The Labute approximate surface area is 122 Å². The van der Waals surface area contributed by atoms with E-state index in [0.717, 1.165) is 39.1 Å². The summed E-state index contributed by atoms with van der Waals surface area (Å²) < 4.78 is 10.6. The van der Waals surface area contributed by atoms with Crippen molar-refractivity contribution < 1.29 is 14.3 Å². The standard InChI is InChI=1S/C15H26N2O3/c1-5-12-19-13-6-7-16-8-10-17(11-9-16)14(18)20-15(2,3)4/h1H,6-13H2,2-4H3. The van der Waals surface area contributed by atoms with Crippen LogP contribution in [0, 0.1) is 12.3 Å². The van der Waals surface area contributed by atoms with E-state index in [1.54, 1.807) is 4.90 Å². The van der Waals surface area contributed by atoms with Crippen LogP contribution in [0.4, 0.5) is 4.79 Å². The average Bonchev–Trinajstić information content (AvgIpc) is 2.37. The van der Waals surface area contributed by atoms with Gasteiger partial charge in [-0.1, -0.05) is 5.92 Å². The molecule has 0 aliphatic carbocycles. The fourth-order valence-electron chi connectivity index (χ4n) is 2.00. The number of carbonyl (C=O) groups excluding carboxylic acids is 1. The highest BCUT2D eigenvalue weighted by Crippen LogP contribution is 2.11. The highest BCUT2D eigenvalue weighted by Gasteiger charge is 2.25. The lowest BCUT2D eigenvalue weighted by molar-refractivity contribution is 0.0138. The molecule has 0 saturated carbocycles. The smallest absolute Gasteiger partial charge is 0.410 e. The van der Waals surface area contributed by atoms with Gasteiger partial charge in [0.05, 0.1) is 0 Å². The third-order valence-electron chi connectivity index (χ3n) is 2.97. The predicted molar refractivity (Wildman–Crippen MR) is 78.5 cm³/mol. The molecule has 0 atom stereocenters. The Morgan fingerprint density at radius 3 is 2.45 bits per heavy atom. The van der Waals surface area contributed by atoms with E-state index in [0.29, 0.717) is 13.2 Å². The summed E-state index contributed by atoms with van der Waals surface area (Å²) >= 11 is 0. The normalized spacial score (nSPS) is 16.8. The Morgan fingerprint density at radius 1 is 1.25 bits per heavy atom. The third-order valence-corrected chi connectivity index (χ3v) is 2.97. The monoisotopic (exact) mass is 282 g/mol. The number of amides is 1. The number of hydrogen-bond acceptors (Lipinski definition) is 4. The highest BCUT2D eigenvalue weighted by atomic mass is 16.6. The highest BCUT2D eigenvalue weighted by molar-refractivity contribution is 5.68. The minimum absolute atomic E-state index is 0.213. The van der Waals surface area contributed by atoms with Crippen molar-refractivity contribution in [2.75, 3.05) is 45.9 Å². The van der Waals surface area contributed by atoms with Crippen LogP contribution in [-0.4, -0.2) is 67.4 Å². The zero-order chi connectivity index (χ0) is 15.0. The minimum Gasteiger partial charge on any atom is -0.444 e. The first kappa shape index (κ1) is 16.8. The molecule has 1 amide bonds. The van der Waals surface area contributed by atoms with E-state index >= 15 is 0 Å². The zero-order valence-electron chi connectivity index (χ0n) is 12.9. The van der Waals surface area contributed by atoms with E-state index in [1.165, 1.54) is 0 Å². The Bertz CT molecular complexity index is 336. The molecule has 5 nitrogen and oxygen atoms in total. The molecule has 0 aromatic heterocycles. The van der Waals surface area contributed by atoms with Gasteiger partial charge in [0.2, 0.25) is 0 Å². The summed E-state index contributed by atoms with van der Waals surface area (Å²) in [5.41, 5.74) is -0.428. The topological polar surface area (TPSA) is 42.0 Å². The Kier molecular flexibility index (Phi) is 6.83. The first-order valence-electron chi connectivity index (χ1n) is 7.14. The number of carbonyl (C=O) groups is 1. The fraction of sp³-hybridized carbons (Fsp3) is 0.800. The summed E-state index contributed by atoms with van der Waals surface area (Å²) in [4.78, 5) is 16.0. The summed E-state index contributed by atoms with van der Waals surface area (Å²) in [6.07, 6.45) is 5.86. The fourth-order valence-corrected chi connectivity index (χ4v) is 2.00. The van der Waals surface area contributed by atoms with E-state index in [2.05, 4.69) is 10.8 Å². The van der Waals surface area contributed by atoms with E-state index in [1.807, 2.05) is 20.8 Å². The quantitative estimate of drug-likeness (QED) is 0.567. The molecule has 0 bridgehead atoms. The second-order valence-electron chi connectivity index (χ2n) is 5.92. The third kappa shape index (κ3) is 6.78. The van der Waals surface area contributed by atoms with E-state index in [4.69, 9.17) is 15.9 Å². The van der Waals surface area contributed by atoms with Gasteiger partial charge in [0.15, 0.2) is 0 Å². The lowest BCUT2D eigenvalue weighted by Crippen LogP contribution is -2.50. The van der Waals surface area contributed by atoms with Gasteiger partial charge in [0, 0.05) is 39.3 Å². The molecule has 0 aromatic carbocycles. The molecular weight excluding hydrogens is 256 g/mol. The molecule has 0 N–H and O–H groups in total. The maximum atomic E-state index is 11.9. The molecule has 1 saturated heterocycles. The van der Waals surface area contributed by atoms with Gasteiger partial charge in [-0.2, -0.15) is 0 Å². The van der Waals surface area contributed by atoms with Gasteiger partial charge in [-0.3, -0.25) is 4.90 Å². The average molecular weight is 282 g/mol. The predicted octanol–water partition coefficient (Wildman–Crippen LogP) is 1.58. The van der Waals surface area contributed by atoms with Crippen LogP contribution in [0.15, 0.2) is 0 Å². The Balaban J connectivity index is 2.17. The molecule has 20 heavy (non-hydrogen) atoms. The molecule has 0 aromatic rings. The van der Waals surface area contributed by atoms with Crippen molar-refractivity contribution in [3.05, 3.63) is 0 Å². The first-order valence-corrected chi connectivity index (χ1v) is 7.14. The lowest BCUT2D eigenvalue weighted by atomic mass is 10.2. The molecule has 0 spiro atoms. The van der Waals surface area contributed by atoms with Crippen molar-refractivity contribution in [3.63, 3.8) is 0 Å². The number of nitrogens with zero attached hydrogens (tertiary/aromatic N) is 2. The van der Waals surface area contributed by atoms with Gasteiger partial charge in [-0.15, -0.1) is 6.42 Å². The summed E-state index contributed by atoms with van der Waals surface area (Å²) in [5.74, 6) is 2.45. The Morgan fingerprint density at radius 2 is 1.90 bits per heavy atom. The van der Waals surface area contributed by atoms with Crippen molar-refractivity contribution in [1.82, 2.24) is 9.80 Å². The molecule has 5 heteroatoms. The lowest BCUT2D eigenvalue weighted by Gasteiger charge is -2.35. The van der Waals surface area contributed by atoms with Crippen LogP contribution in [0.5, 0.6) is 0 Å². The SMILES string of the molecule is C#CCOCCCN1CCN(C(=O)OC(C)(C)C)CC1. The van der Waals surface area contributed by atoms with Gasteiger partial charge < -0.3 is 14.4 Å². The van der Waals surface area contributed by atoms with Gasteiger partial charge in [-0.05, 0) is 27.2 Å². The van der Waals surface area contributed by atoms with Crippen LogP contribution in [0.3, 0.4) is 0 Å². The van der Waals surface area contributed by atoms with Crippen molar-refractivity contribution >= 4 is 6.09 Å². The number of hydrogen-bond donors (Lipinski definition) is 0. The van der Waals surface area contributed by atoms with Crippen molar-refractivity contribution in [3.8, 4) is 12.3 Å². The van der Waals surface area contributed by atoms with Crippen LogP contribution in [0.2, 0.25) is 0 Å². The number of piperazine rings is 1. The molecule has 1 rings (SSSR count). The van der Waals surface area contributed by atoms with Crippen LogP contribution < -0.4 is 0 Å². The molecule has 0 unspecified atom stereocenters. The van der Waals surface area contributed by atoms with E-state index in [-0.39, 0.29) is 6.09 Å². The second-order valence-corrected chi connectivity index (χ2v) is 5.92. The van der Waals surface area contributed by atoms with Crippen molar-refractivity contribution in [1.29, 1.82) is 0 Å². The summed E-state index contributed by atoms with van der Waals surface area (Å²) in [7, 11) is 0. The van der Waals surface area contributed by atoms with Gasteiger partial charge in [0.1, 0.15) is 12.2 Å². The van der Waals surface area contributed by atoms with Gasteiger partial charge in [-0.25, -0.2) is 4.79 Å². The molecular formula is C15H26N2O3. The molecule has 1 fully saturated rings. The van der Waals surface area contributed by atoms with Crippen LogP contribution in [0.1, 0.15) is 27.2 Å². The summed E-state index contributed by atoms with van der Waals surface area (Å²) in [5, 5.41) is 0. The second kappa shape index (κ2) is 8.13. The number of ether oxygens (including phenoxy) is 2.